The van der Waals surface area contributed by atoms with Gasteiger partial charge in [-0.25, -0.2) is 4.98 Å². The number of hydrogen-bond donors (Lipinski definition) is 0. The average molecular weight is 483 g/mol. The molecule has 0 amide bonds. The highest BCUT2D eigenvalue weighted by Gasteiger charge is 2.14. The van der Waals surface area contributed by atoms with Crippen LogP contribution >= 0.6 is 34.7 Å². The summed E-state index contributed by atoms with van der Waals surface area (Å²) in [4.78, 5) is 4.74. The lowest BCUT2D eigenvalue weighted by Crippen LogP contribution is -2.07. The maximum absolute atomic E-state index is 6.31. The van der Waals surface area contributed by atoms with Crippen LogP contribution in [0.1, 0.15) is 22.6 Å². The van der Waals surface area contributed by atoms with Gasteiger partial charge in [0.05, 0.1) is 10.7 Å². The number of nitrogens with zero attached hydrogens (tertiary/aromatic N) is 4. The summed E-state index contributed by atoms with van der Waals surface area (Å²) in [5, 5.41) is 13.2. The van der Waals surface area contributed by atoms with Crippen LogP contribution in [-0.4, -0.2) is 19.7 Å². The monoisotopic (exact) mass is 482 g/mol. The van der Waals surface area contributed by atoms with Crippen LogP contribution < -0.4 is 4.74 Å². The van der Waals surface area contributed by atoms with E-state index in [0.29, 0.717) is 23.9 Å². The highest BCUT2D eigenvalue weighted by molar-refractivity contribution is 7.98. The van der Waals surface area contributed by atoms with E-state index in [0.717, 1.165) is 33.0 Å². The molecule has 0 unspecified atom stereocenters. The standard InChI is InChI=1S/C24H23ClN4OS2/c1-4-9-29-22(13-30-19-11-16(2)10-17(3)12-19)27-28-24(29)32-15-18-14-31-23(26-18)20-7-5-6-8-21(20)25/h4-8,10-12,14H,1,9,13,15H2,2-3H3. The Labute approximate surface area is 201 Å². The normalized spacial score (nSPS) is 11.0. The maximum Gasteiger partial charge on any atom is 0.191 e. The van der Waals surface area contributed by atoms with Crippen molar-refractivity contribution in [1.82, 2.24) is 19.7 Å². The van der Waals surface area contributed by atoms with Gasteiger partial charge >= 0.3 is 0 Å². The lowest BCUT2D eigenvalue weighted by molar-refractivity contribution is 0.289. The Kier molecular flexibility index (Phi) is 7.29. The van der Waals surface area contributed by atoms with Crippen LogP contribution in [0.3, 0.4) is 0 Å². The Morgan fingerprint density at radius 3 is 2.69 bits per heavy atom. The molecule has 0 radical (unpaired) electrons. The molecule has 32 heavy (non-hydrogen) atoms. The van der Waals surface area contributed by atoms with Crippen LogP contribution in [0.15, 0.2) is 65.7 Å². The van der Waals surface area contributed by atoms with E-state index < -0.39 is 0 Å². The number of aromatic nitrogens is 4. The molecular formula is C24H23ClN4OS2. The molecule has 2 aromatic carbocycles. The van der Waals surface area contributed by atoms with Gasteiger partial charge in [-0.15, -0.1) is 28.1 Å². The number of thioether (sulfide) groups is 1. The first-order chi connectivity index (χ1) is 15.5. The summed E-state index contributed by atoms with van der Waals surface area (Å²) in [7, 11) is 0. The first kappa shape index (κ1) is 22.6. The van der Waals surface area contributed by atoms with Crippen molar-refractivity contribution in [2.45, 2.75) is 37.9 Å². The molecule has 0 aliphatic heterocycles. The molecule has 0 atom stereocenters. The van der Waals surface area contributed by atoms with E-state index >= 15 is 0 Å². The van der Waals surface area contributed by atoms with E-state index in [1.165, 1.54) is 11.1 Å². The molecule has 0 N–H and O–H groups in total. The summed E-state index contributed by atoms with van der Waals surface area (Å²) in [5.41, 5.74) is 4.28. The molecule has 0 saturated heterocycles. The minimum Gasteiger partial charge on any atom is -0.486 e. The quantitative estimate of drug-likeness (QED) is 0.195. The van der Waals surface area contributed by atoms with E-state index in [-0.39, 0.29) is 0 Å². The predicted molar refractivity (Wildman–Crippen MR) is 133 cm³/mol. The molecule has 0 fully saturated rings. The summed E-state index contributed by atoms with van der Waals surface area (Å²) in [6, 6.07) is 13.9. The molecule has 4 rings (SSSR count). The highest BCUT2D eigenvalue weighted by Crippen LogP contribution is 2.32. The fourth-order valence-corrected chi connectivity index (χ4v) is 5.38. The van der Waals surface area contributed by atoms with E-state index in [2.05, 4.69) is 42.1 Å². The fourth-order valence-electron chi connectivity index (χ4n) is 3.28. The molecule has 0 spiro atoms. The first-order valence-electron chi connectivity index (χ1n) is 10.1. The minimum absolute atomic E-state index is 0.345. The molecule has 5 nitrogen and oxygen atoms in total. The molecule has 0 aliphatic rings. The van der Waals surface area contributed by atoms with E-state index in [1.54, 1.807) is 23.1 Å². The van der Waals surface area contributed by atoms with Crippen molar-refractivity contribution in [3.05, 3.63) is 88.2 Å². The Bertz CT molecular complexity index is 1210. The number of aryl methyl sites for hydroxylation is 2. The lowest BCUT2D eigenvalue weighted by Gasteiger charge is -2.10. The number of allylic oxidation sites excluding steroid dienone is 1. The van der Waals surface area contributed by atoms with Gasteiger partial charge in [0.2, 0.25) is 0 Å². The largest absolute Gasteiger partial charge is 0.486 e. The number of thiazole rings is 1. The topological polar surface area (TPSA) is 52.8 Å². The van der Waals surface area contributed by atoms with E-state index in [9.17, 15) is 0 Å². The zero-order valence-electron chi connectivity index (χ0n) is 17.9. The molecule has 8 heteroatoms. The molecule has 164 valence electrons. The van der Waals surface area contributed by atoms with Gasteiger partial charge in [0.15, 0.2) is 11.0 Å². The number of benzene rings is 2. The van der Waals surface area contributed by atoms with Crippen molar-refractivity contribution < 1.29 is 4.74 Å². The maximum atomic E-state index is 6.31. The molecule has 4 aromatic rings. The number of rotatable bonds is 9. The molecule has 0 bridgehead atoms. The number of hydrogen-bond acceptors (Lipinski definition) is 6. The van der Waals surface area contributed by atoms with Gasteiger partial charge in [-0.05, 0) is 43.2 Å². The summed E-state index contributed by atoms with van der Waals surface area (Å²) in [6.45, 7) is 8.95. The number of ether oxygens (including phenoxy) is 1. The van der Waals surface area contributed by atoms with Crippen LogP contribution in [0.2, 0.25) is 5.02 Å². The molecule has 0 aliphatic carbocycles. The smallest absolute Gasteiger partial charge is 0.191 e. The zero-order valence-corrected chi connectivity index (χ0v) is 20.3. The van der Waals surface area contributed by atoms with Crippen LogP contribution in [0.4, 0.5) is 0 Å². The molecule has 0 saturated carbocycles. The third kappa shape index (κ3) is 5.41. The summed E-state index contributed by atoms with van der Waals surface area (Å²) >= 11 is 9.50. The third-order valence-corrected chi connectivity index (χ3v) is 6.93. The molecule has 2 heterocycles. The second kappa shape index (κ2) is 10.3. The summed E-state index contributed by atoms with van der Waals surface area (Å²) < 4.78 is 8.02. The second-order valence-corrected chi connectivity index (χ2v) is 9.53. The fraction of sp³-hybridized carbons (Fsp3) is 0.208. The lowest BCUT2D eigenvalue weighted by atomic mass is 10.1. The molecule has 2 aromatic heterocycles. The van der Waals surface area contributed by atoms with Crippen LogP contribution in [0.25, 0.3) is 10.6 Å². The van der Waals surface area contributed by atoms with Crippen molar-refractivity contribution in [2.24, 2.45) is 0 Å². The van der Waals surface area contributed by atoms with Gasteiger partial charge < -0.3 is 4.74 Å². The summed E-state index contributed by atoms with van der Waals surface area (Å²) in [6.07, 6.45) is 1.84. The van der Waals surface area contributed by atoms with Crippen LogP contribution in [0.5, 0.6) is 5.75 Å². The van der Waals surface area contributed by atoms with Gasteiger partial charge in [0.1, 0.15) is 17.4 Å². The van der Waals surface area contributed by atoms with Gasteiger partial charge in [0, 0.05) is 23.2 Å². The highest BCUT2D eigenvalue weighted by atomic mass is 35.5. The Morgan fingerprint density at radius 1 is 1.16 bits per heavy atom. The Hall–Kier alpha value is -2.61. The van der Waals surface area contributed by atoms with E-state index in [1.807, 2.05) is 47.0 Å². The van der Waals surface area contributed by atoms with Gasteiger partial charge in [-0.1, -0.05) is 53.7 Å². The summed E-state index contributed by atoms with van der Waals surface area (Å²) in [5.74, 6) is 2.29. The number of halogens is 1. The SMILES string of the molecule is C=CCn1c(COc2cc(C)cc(C)c2)nnc1SCc1csc(-c2ccccc2Cl)n1. The Morgan fingerprint density at radius 2 is 1.94 bits per heavy atom. The van der Waals surface area contributed by atoms with E-state index in [4.69, 9.17) is 21.3 Å². The van der Waals surface area contributed by atoms with Crippen molar-refractivity contribution in [1.29, 1.82) is 0 Å². The van der Waals surface area contributed by atoms with Crippen LogP contribution in [-0.2, 0) is 18.9 Å². The van der Waals surface area contributed by atoms with Crippen molar-refractivity contribution >= 4 is 34.7 Å². The predicted octanol–water partition coefficient (Wildman–Crippen LogP) is 6.73. The van der Waals surface area contributed by atoms with Gasteiger partial charge in [-0.3, -0.25) is 4.57 Å². The van der Waals surface area contributed by atoms with Gasteiger partial charge in [0.25, 0.3) is 0 Å². The van der Waals surface area contributed by atoms with Gasteiger partial charge in [-0.2, -0.15) is 0 Å². The zero-order chi connectivity index (χ0) is 22.5. The van der Waals surface area contributed by atoms with Crippen molar-refractivity contribution in [3.63, 3.8) is 0 Å². The second-order valence-electron chi connectivity index (χ2n) is 7.32. The van der Waals surface area contributed by atoms with Crippen LogP contribution in [0, 0.1) is 13.8 Å². The molecular weight excluding hydrogens is 460 g/mol. The first-order valence-corrected chi connectivity index (χ1v) is 12.3. The Balaban J connectivity index is 1.44. The third-order valence-electron chi connectivity index (χ3n) is 4.67. The van der Waals surface area contributed by atoms with Crippen molar-refractivity contribution in [3.8, 4) is 16.3 Å². The average Bonchev–Trinajstić information content (AvgIpc) is 3.38. The minimum atomic E-state index is 0.345. The van der Waals surface area contributed by atoms with Crippen molar-refractivity contribution in [2.75, 3.05) is 0 Å².